The molecule has 2 rings (SSSR count). The van der Waals surface area contributed by atoms with E-state index >= 15 is 0 Å². The maximum Gasteiger partial charge on any atom is 0.237 e. The third-order valence-electron chi connectivity index (χ3n) is 5.91. The third-order valence-corrected chi connectivity index (χ3v) is 6.77. The first-order chi connectivity index (χ1) is 13.1. The summed E-state index contributed by atoms with van der Waals surface area (Å²) in [6, 6.07) is -0.707. The number of carbonyl (C=O) groups is 1. The number of rotatable bonds is 8. The van der Waals surface area contributed by atoms with E-state index in [0.717, 1.165) is 25.8 Å². The van der Waals surface area contributed by atoms with E-state index < -0.39 is 35.9 Å². The molecule has 8 heteroatoms. The number of amides is 1. The molecule has 0 aromatic rings. The van der Waals surface area contributed by atoms with Crippen LogP contribution in [0.15, 0.2) is 0 Å². The Morgan fingerprint density at radius 1 is 1.18 bits per heavy atom. The Bertz CT molecular complexity index is 505. The average Bonchev–Trinajstić information content (AvgIpc) is 3.12. The van der Waals surface area contributed by atoms with Crippen molar-refractivity contribution >= 4 is 17.7 Å². The minimum atomic E-state index is -1.31. The number of ether oxygens (including phenoxy) is 1. The van der Waals surface area contributed by atoms with Gasteiger partial charge in [-0.15, -0.1) is 11.8 Å². The highest BCUT2D eigenvalue weighted by Crippen LogP contribution is 2.30. The molecule has 0 aliphatic carbocycles. The van der Waals surface area contributed by atoms with Crippen LogP contribution >= 0.6 is 11.8 Å². The molecule has 7 nitrogen and oxygen atoms in total. The lowest BCUT2D eigenvalue weighted by molar-refractivity contribution is -0.208. The molecule has 0 saturated carbocycles. The molecular weight excluding hydrogens is 380 g/mol. The predicted octanol–water partition coefficient (Wildman–Crippen LogP) is 0.712. The summed E-state index contributed by atoms with van der Waals surface area (Å²) in [4.78, 5) is 12.9. The van der Waals surface area contributed by atoms with Crippen molar-refractivity contribution in [2.24, 2.45) is 17.8 Å². The first-order valence-electron chi connectivity index (χ1n) is 10.4. The van der Waals surface area contributed by atoms with Crippen LogP contribution in [0.5, 0.6) is 0 Å². The van der Waals surface area contributed by atoms with Crippen molar-refractivity contribution in [2.45, 2.75) is 88.9 Å². The van der Waals surface area contributed by atoms with E-state index in [1.54, 1.807) is 6.26 Å². The number of nitrogens with one attached hydrogen (secondary N) is 2. The van der Waals surface area contributed by atoms with Crippen molar-refractivity contribution in [3.63, 3.8) is 0 Å². The summed E-state index contributed by atoms with van der Waals surface area (Å²) in [6.07, 6.45) is 0.353. The monoisotopic (exact) mass is 418 g/mol. The molecule has 0 radical (unpaired) electrons. The van der Waals surface area contributed by atoms with Gasteiger partial charge in [0.15, 0.2) is 0 Å². The van der Waals surface area contributed by atoms with Gasteiger partial charge >= 0.3 is 0 Å². The summed E-state index contributed by atoms with van der Waals surface area (Å²) < 4.78 is 5.87. The van der Waals surface area contributed by atoms with E-state index in [9.17, 15) is 20.1 Å². The van der Waals surface area contributed by atoms with E-state index in [1.165, 1.54) is 11.8 Å². The Morgan fingerprint density at radius 2 is 1.86 bits per heavy atom. The average molecular weight is 419 g/mol. The zero-order chi connectivity index (χ0) is 21.0. The topological polar surface area (TPSA) is 111 Å². The fraction of sp³-hybridized carbons (Fsp3) is 0.950. The largest absolute Gasteiger partial charge is 0.388 e. The fourth-order valence-corrected chi connectivity index (χ4v) is 4.74. The Hall–Kier alpha value is -0.380. The molecule has 2 fully saturated rings. The fourth-order valence-electron chi connectivity index (χ4n) is 4.06. The number of thioether (sulfide) groups is 1. The van der Waals surface area contributed by atoms with Crippen LogP contribution < -0.4 is 10.6 Å². The van der Waals surface area contributed by atoms with E-state index in [2.05, 4.69) is 24.5 Å². The summed E-state index contributed by atoms with van der Waals surface area (Å²) in [7, 11) is 0. The minimum Gasteiger partial charge on any atom is -0.388 e. The molecule has 0 unspecified atom stereocenters. The summed E-state index contributed by atoms with van der Waals surface area (Å²) in [6.45, 7) is 9.16. The van der Waals surface area contributed by atoms with Crippen molar-refractivity contribution in [3.05, 3.63) is 0 Å². The molecule has 1 amide bonds. The molecule has 2 aliphatic heterocycles. The summed E-state index contributed by atoms with van der Waals surface area (Å²) in [5, 5.41) is 37.1. The highest BCUT2D eigenvalue weighted by atomic mass is 32.2. The Kier molecular flexibility index (Phi) is 9.04. The van der Waals surface area contributed by atoms with E-state index in [0.29, 0.717) is 11.8 Å². The Balaban J connectivity index is 1.99. The molecule has 2 saturated heterocycles. The summed E-state index contributed by atoms with van der Waals surface area (Å²) in [5.41, 5.74) is -0.647. The molecule has 0 spiro atoms. The quantitative estimate of drug-likeness (QED) is 0.395. The van der Waals surface area contributed by atoms with E-state index in [4.69, 9.17) is 4.74 Å². The van der Waals surface area contributed by atoms with Crippen molar-refractivity contribution in [1.29, 1.82) is 0 Å². The van der Waals surface area contributed by atoms with Gasteiger partial charge in [0, 0.05) is 0 Å². The normalized spacial score (nSPS) is 37.4. The molecule has 8 atom stereocenters. The molecular formula is C20H38N2O5S. The molecule has 2 heterocycles. The summed E-state index contributed by atoms with van der Waals surface area (Å²) in [5.74, 6) is 1.06. The lowest BCUT2D eigenvalue weighted by Gasteiger charge is -2.44. The van der Waals surface area contributed by atoms with Crippen LogP contribution in [0.4, 0.5) is 0 Å². The lowest BCUT2D eigenvalue weighted by Crippen LogP contribution is -2.64. The van der Waals surface area contributed by atoms with Crippen LogP contribution in [0, 0.1) is 17.8 Å². The summed E-state index contributed by atoms with van der Waals surface area (Å²) >= 11 is 1.28. The Labute approximate surface area is 173 Å². The first-order valence-corrected chi connectivity index (χ1v) is 11.7. The predicted molar refractivity (Wildman–Crippen MR) is 111 cm³/mol. The van der Waals surface area contributed by atoms with Gasteiger partial charge in [-0.2, -0.15) is 0 Å². The van der Waals surface area contributed by atoms with Gasteiger partial charge in [-0.3, -0.25) is 4.79 Å². The van der Waals surface area contributed by atoms with Gasteiger partial charge in [0.25, 0.3) is 0 Å². The maximum atomic E-state index is 12.9. The van der Waals surface area contributed by atoms with Crippen LogP contribution in [0.1, 0.15) is 47.0 Å². The van der Waals surface area contributed by atoms with Gasteiger partial charge in [0.2, 0.25) is 5.91 Å². The van der Waals surface area contributed by atoms with Crippen LogP contribution in [0.25, 0.3) is 0 Å². The van der Waals surface area contributed by atoms with Gasteiger partial charge in [-0.05, 0) is 43.4 Å². The second-order valence-corrected chi connectivity index (χ2v) is 9.92. The van der Waals surface area contributed by atoms with Crippen LogP contribution in [-0.4, -0.2) is 76.0 Å². The lowest BCUT2D eigenvalue weighted by atomic mass is 9.88. The zero-order valence-corrected chi connectivity index (χ0v) is 18.5. The maximum absolute atomic E-state index is 12.9. The van der Waals surface area contributed by atoms with E-state index in [-0.39, 0.29) is 17.9 Å². The van der Waals surface area contributed by atoms with Gasteiger partial charge in [0.05, 0.1) is 12.1 Å². The molecule has 0 bridgehead atoms. The van der Waals surface area contributed by atoms with Crippen LogP contribution in [0.3, 0.4) is 0 Å². The first kappa shape index (κ1) is 23.9. The molecule has 5 N–H and O–H groups in total. The van der Waals surface area contributed by atoms with Gasteiger partial charge < -0.3 is 30.7 Å². The van der Waals surface area contributed by atoms with Gasteiger partial charge in [-0.1, -0.05) is 34.1 Å². The van der Waals surface area contributed by atoms with Gasteiger partial charge in [0.1, 0.15) is 29.9 Å². The highest BCUT2D eigenvalue weighted by Gasteiger charge is 2.47. The number of aliphatic hydroxyl groups is 3. The number of aliphatic hydroxyl groups excluding tert-OH is 3. The van der Waals surface area contributed by atoms with Gasteiger partial charge in [-0.25, -0.2) is 0 Å². The SMILES string of the molecule is CS[C@H]1O[C@H]([C@H](NC(=O)[C@@H]2C[C@@H](CCC(C)C)CN2)C(C)C)[C@H](O)[C@H](O)[C@H]1O. The second kappa shape index (κ2) is 10.6. The molecule has 0 aromatic heterocycles. The van der Waals surface area contributed by atoms with Crippen LogP contribution in [0.2, 0.25) is 0 Å². The zero-order valence-electron chi connectivity index (χ0n) is 17.7. The van der Waals surface area contributed by atoms with Crippen molar-refractivity contribution in [3.8, 4) is 0 Å². The van der Waals surface area contributed by atoms with Crippen LogP contribution in [-0.2, 0) is 9.53 Å². The third kappa shape index (κ3) is 5.83. The molecule has 28 heavy (non-hydrogen) atoms. The number of carbonyl (C=O) groups excluding carboxylic acids is 1. The minimum absolute atomic E-state index is 0.00769. The molecule has 2 aliphatic rings. The van der Waals surface area contributed by atoms with Crippen molar-refractivity contribution < 1.29 is 24.9 Å². The van der Waals surface area contributed by atoms with E-state index in [1.807, 2.05) is 13.8 Å². The standard InChI is InChI=1S/C20H38N2O5S/c1-10(2)6-7-12-8-13(21-9-12)19(26)22-14(11(3)4)18-16(24)15(23)17(25)20(27-18)28-5/h10-18,20-21,23-25H,6-9H2,1-5H3,(H,22,26)/t12-,13+,14-,15+,16-,17-,18-,20-/m1/s1. The molecule has 0 aromatic carbocycles. The van der Waals surface area contributed by atoms with Crippen molar-refractivity contribution in [2.75, 3.05) is 12.8 Å². The smallest absolute Gasteiger partial charge is 0.237 e. The molecule has 164 valence electrons. The van der Waals surface area contributed by atoms with Crippen molar-refractivity contribution in [1.82, 2.24) is 10.6 Å². The number of hydrogen-bond acceptors (Lipinski definition) is 7. The second-order valence-electron chi connectivity index (χ2n) is 8.99. The number of hydrogen-bond donors (Lipinski definition) is 5. The Morgan fingerprint density at radius 3 is 2.43 bits per heavy atom. The highest BCUT2D eigenvalue weighted by molar-refractivity contribution is 7.99.